The van der Waals surface area contributed by atoms with E-state index >= 15 is 0 Å². The summed E-state index contributed by atoms with van der Waals surface area (Å²) in [5.41, 5.74) is 0.819. The second-order valence-electron chi connectivity index (χ2n) is 8.11. The first-order chi connectivity index (χ1) is 18.4. The summed E-state index contributed by atoms with van der Waals surface area (Å²) in [7, 11) is 0. The van der Waals surface area contributed by atoms with Crippen molar-refractivity contribution in [3.63, 3.8) is 0 Å². The Morgan fingerprint density at radius 1 is 1.13 bits per heavy atom. The number of fused-ring (bicyclic) bond motifs is 1. The number of nitrogens with one attached hydrogen (secondary N) is 2. The van der Waals surface area contributed by atoms with Crippen molar-refractivity contribution in [2.24, 2.45) is 5.10 Å². The van der Waals surface area contributed by atoms with Gasteiger partial charge in [-0.25, -0.2) is 9.18 Å². The largest absolute Gasteiger partial charge is 0.490 e. The third-order valence-electron chi connectivity index (χ3n) is 5.40. The highest BCUT2D eigenvalue weighted by Gasteiger charge is 2.15. The van der Waals surface area contributed by atoms with Gasteiger partial charge in [0, 0.05) is 11.3 Å². The van der Waals surface area contributed by atoms with Crippen molar-refractivity contribution in [1.29, 1.82) is 0 Å². The molecule has 0 fully saturated rings. The van der Waals surface area contributed by atoms with E-state index in [0.29, 0.717) is 52.2 Å². The molecule has 1 amide bonds. The van der Waals surface area contributed by atoms with Crippen molar-refractivity contribution < 1.29 is 18.7 Å². The highest BCUT2D eigenvalue weighted by atomic mass is 19.1. The Balaban J connectivity index is 1.62. The zero-order valence-corrected chi connectivity index (χ0v) is 20.6. The van der Waals surface area contributed by atoms with Crippen LogP contribution in [-0.4, -0.2) is 35.0 Å². The number of benzene rings is 3. The van der Waals surface area contributed by atoms with Crippen LogP contribution in [0.5, 0.6) is 11.5 Å². The van der Waals surface area contributed by atoms with Gasteiger partial charge in [0.25, 0.3) is 11.5 Å². The lowest BCUT2D eigenvalue weighted by Gasteiger charge is -2.16. The molecule has 0 saturated heterocycles. The van der Waals surface area contributed by atoms with Crippen molar-refractivity contribution >= 4 is 28.7 Å². The van der Waals surface area contributed by atoms with Gasteiger partial charge in [-0.05, 0) is 67.4 Å². The van der Waals surface area contributed by atoms with E-state index in [1.54, 1.807) is 49.4 Å². The maximum Gasteiger partial charge on any atom is 0.349 e. The number of aromatic nitrogens is 2. The smallest absolute Gasteiger partial charge is 0.349 e. The molecule has 0 unspecified atom stereocenters. The summed E-state index contributed by atoms with van der Waals surface area (Å²) in [4.78, 5) is 40.3. The molecule has 0 spiro atoms. The van der Waals surface area contributed by atoms with Gasteiger partial charge in [0.15, 0.2) is 18.1 Å². The molecule has 4 aromatic rings. The molecule has 3 aromatic carbocycles. The van der Waals surface area contributed by atoms with Gasteiger partial charge in [-0.3, -0.25) is 9.59 Å². The number of carbonyl (C=O) groups excluding carboxylic acids is 1. The van der Waals surface area contributed by atoms with Gasteiger partial charge < -0.3 is 19.8 Å². The van der Waals surface area contributed by atoms with Crippen LogP contribution in [0, 0.1) is 5.82 Å². The van der Waals surface area contributed by atoms with Crippen LogP contribution >= 0.6 is 0 Å². The first-order valence-electron chi connectivity index (χ1n) is 11.8. The van der Waals surface area contributed by atoms with E-state index in [2.05, 4.69) is 22.0 Å². The molecule has 0 saturated carbocycles. The first kappa shape index (κ1) is 26.1. The van der Waals surface area contributed by atoms with Crippen LogP contribution in [0.15, 0.2) is 88.0 Å². The summed E-state index contributed by atoms with van der Waals surface area (Å²) >= 11 is 0. The number of hydrogen-bond donors (Lipinski definition) is 2. The Hall–Kier alpha value is -4.99. The Labute approximate surface area is 216 Å². The Morgan fingerprint density at radius 3 is 2.63 bits per heavy atom. The summed E-state index contributed by atoms with van der Waals surface area (Å²) in [6.07, 6.45) is 3.41. The minimum absolute atomic E-state index is 0.316. The van der Waals surface area contributed by atoms with Crippen molar-refractivity contribution in [1.82, 2.24) is 9.66 Å². The SMILES string of the molecule is C=CCc1cc(C=Nn2c(=O)[nH]c3ccccc3c2=O)cc(OCC)c1OCC(=O)Nc1ccc(F)cc1. The van der Waals surface area contributed by atoms with Gasteiger partial charge in [-0.15, -0.1) is 11.3 Å². The number of anilines is 1. The molecule has 0 atom stereocenters. The fourth-order valence-corrected chi connectivity index (χ4v) is 3.74. The molecule has 1 heterocycles. The molecule has 9 nitrogen and oxygen atoms in total. The van der Waals surface area contributed by atoms with Crippen LogP contribution < -0.4 is 26.0 Å². The summed E-state index contributed by atoms with van der Waals surface area (Å²) in [5.74, 6) is -0.154. The molecule has 0 aliphatic rings. The van der Waals surface area contributed by atoms with E-state index in [9.17, 15) is 18.8 Å². The van der Waals surface area contributed by atoms with Gasteiger partial charge >= 0.3 is 5.69 Å². The second-order valence-corrected chi connectivity index (χ2v) is 8.11. The Bertz CT molecular complexity index is 1620. The van der Waals surface area contributed by atoms with Crippen LogP contribution in [0.1, 0.15) is 18.1 Å². The van der Waals surface area contributed by atoms with Gasteiger partial charge in [-0.2, -0.15) is 5.10 Å². The lowest BCUT2D eigenvalue weighted by atomic mass is 10.1. The van der Waals surface area contributed by atoms with E-state index in [-0.39, 0.29) is 6.61 Å². The van der Waals surface area contributed by atoms with Crippen LogP contribution in [0.4, 0.5) is 10.1 Å². The van der Waals surface area contributed by atoms with Crippen molar-refractivity contribution in [3.05, 3.63) is 111 Å². The quantitative estimate of drug-likeness (QED) is 0.245. The predicted octanol–water partition coefficient (Wildman–Crippen LogP) is 3.86. The molecular weight excluding hydrogens is 491 g/mol. The number of para-hydroxylation sites is 1. The van der Waals surface area contributed by atoms with E-state index in [1.807, 2.05) is 0 Å². The van der Waals surface area contributed by atoms with Gasteiger partial charge in [-0.1, -0.05) is 18.2 Å². The van der Waals surface area contributed by atoms with E-state index in [4.69, 9.17) is 9.47 Å². The molecule has 4 rings (SSSR count). The van der Waals surface area contributed by atoms with E-state index in [1.165, 1.54) is 30.5 Å². The van der Waals surface area contributed by atoms with Crippen molar-refractivity contribution in [2.45, 2.75) is 13.3 Å². The highest BCUT2D eigenvalue weighted by molar-refractivity contribution is 5.92. The summed E-state index contributed by atoms with van der Waals surface area (Å²) in [6.45, 7) is 5.57. The zero-order chi connectivity index (χ0) is 27.1. The lowest BCUT2D eigenvalue weighted by Crippen LogP contribution is -2.32. The summed E-state index contributed by atoms with van der Waals surface area (Å²) in [6, 6.07) is 15.4. The molecule has 2 N–H and O–H groups in total. The van der Waals surface area contributed by atoms with Gasteiger partial charge in [0.05, 0.1) is 23.7 Å². The lowest BCUT2D eigenvalue weighted by molar-refractivity contribution is -0.118. The minimum atomic E-state index is -0.673. The van der Waals surface area contributed by atoms with Gasteiger partial charge in [0.2, 0.25) is 0 Å². The number of rotatable bonds is 10. The second kappa shape index (κ2) is 11.8. The van der Waals surface area contributed by atoms with Crippen molar-refractivity contribution in [2.75, 3.05) is 18.5 Å². The van der Waals surface area contributed by atoms with Crippen LogP contribution in [0.2, 0.25) is 0 Å². The molecule has 0 aliphatic carbocycles. The molecule has 1 aromatic heterocycles. The number of ether oxygens (including phenoxy) is 2. The number of H-pyrrole nitrogens is 1. The zero-order valence-electron chi connectivity index (χ0n) is 20.6. The summed E-state index contributed by atoms with van der Waals surface area (Å²) in [5, 5.41) is 7.07. The van der Waals surface area contributed by atoms with Crippen LogP contribution in [-0.2, 0) is 11.2 Å². The number of halogens is 1. The average molecular weight is 517 g/mol. The number of amides is 1. The fraction of sp³-hybridized carbons (Fsp3) is 0.143. The fourth-order valence-electron chi connectivity index (χ4n) is 3.74. The van der Waals surface area contributed by atoms with E-state index in [0.717, 1.165) is 4.68 Å². The third kappa shape index (κ3) is 6.04. The first-order valence-corrected chi connectivity index (χ1v) is 11.8. The highest BCUT2D eigenvalue weighted by Crippen LogP contribution is 2.33. The van der Waals surface area contributed by atoms with Crippen LogP contribution in [0.25, 0.3) is 10.9 Å². The number of carbonyl (C=O) groups is 1. The minimum Gasteiger partial charge on any atom is -0.490 e. The predicted molar refractivity (Wildman–Crippen MR) is 144 cm³/mol. The van der Waals surface area contributed by atoms with Crippen molar-refractivity contribution in [3.8, 4) is 11.5 Å². The number of allylic oxidation sites excluding steroid dienone is 1. The molecular formula is C28H25FN4O5. The number of aromatic amines is 1. The maximum atomic E-state index is 13.1. The number of nitrogens with zero attached hydrogens (tertiary/aromatic N) is 2. The number of hydrogen-bond acceptors (Lipinski definition) is 6. The molecule has 194 valence electrons. The third-order valence-corrected chi connectivity index (χ3v) is 5.40. The summed E-state index contributed by atoms with van der Waals surface area (Å²) < 4.78 is 25.4. The van der Waals surface area contributed by atoms with E-state index < -0.39 is 23.0 Å². The van der Waals surface area contributed by atoms with Crippen LogP contribution in [0.3, 0.4) is 0 Å². The average Bonchev–Trinajstić information content (AvgIpc) is 2.90. The molecule has 10 heteroatoms. The van der Waals surface area contributed by atoms with Gasteiger partial charge in [0.1, 0.15) is 5.82 Å². The molecule has 38 heavy (non-hydrogen) atoms. The topological polar surface area (TPSA) is 115 Å². The molecule has 0 aliphatic heterocycles. The molecule has 0 bridgehead atoms. The normalized spacial score (nSPS) is 11.0. The Morgan fingerprint density at radius 2 is 1.89 bits per heavy atom. The molecule has 0 radical (unpaired) electrons. The maximum absolute atomic E-state index is 13.1. The monoisotopic (exact) mass is 516 g/mol. The Kier molecular flexibility index (Phi) is 8.12. The standard InChI is InChI=1S/C28H25FN4O5/c1-3-7-19-14-18(16-30-33-27(35)22-8-5-6-9-23(22)32-28(33)36)15-24(37-4-2)26(19)38-17-25(34)31-21-12-10-20(29)11-13-21/h3,5-6,8-16H,1,4,7,17H2,2H3,(H,31,34)(H,32,36).